The number of aryl methyl sites for hydroxylation is 1. The predicted molar refractivity (Wildman–Crippen MR) is 191 cm³/mol. The molecule has 0 aliphatic carbocycles. The molecule has 2 aliphatic rings. The van der Waals surface area contributed by atoms with Crippen molar-refractivity contribution in [2.24, 2.45) is 5.92 Å². The number of aromatic nitrogens is 2. The Morgan fingerprint density at radius 1 is 1.00 bits per heavy atom. The van der Waals surface area contributed by atoms with Crippen molar-refractivity contribution in [1.82, 2.24) is 14.1 Å². The number of nitrogens with zero attached hydrogens (tertiary/aromatic N) is 3. The molecule has 4 aromatic rings. The summed E-state index contributed by atoms with van der Waals surface area (Å²) in [4.78, 5) is 25.5. The van der Waals surface area contributed by atoms with Gasteiger partial charge in [-0.25, -0.2) is 22.7 Å². The van der Waals surface area contributed by atoms with Crippen molar-refractivity contribution in [3.8, 4) is 11.4 Å². The lowest BCUT2D eigenvalue weighted by Crippen LogP contribution is -2.46. The number of esters is 1. The van der Waals surface area contributed by atoms with Crippen molar-refractivity contribution in [3.63, 3.8) is 0 Å². The van der Waals surface area contributed by atoms with Crippen molar-refractivity contribution in [2.75, 3.05) is 24.9 Å². The number of nitrogens with one attached hydrogen (secondary N) is 2. The van der Waals surface area contributed by atoms with Gasteiger partial charge in [0.15, 0.2) is 9.96 Å². The molecule has 2 aliphatic heterocycles. The summed E-state index contributed by atoms with van der Waals surface area (Å²) in [5, 5.41) is 12.3. The Morgan fingerprint density at radius 2 is 1.69 bits per heavy atom. The van der Waals surface area contributed by atoms with Gasteiger partial charge in [0.05, 0.1) is 25.6 Å². The van der Waals surface area contributed by atoms with Crippen molar-refractivity contribution < 1.29 is 27.5 Å². The number of hydrogen-bond acceptors (Lipinski definition) is 8. The zero-order valence-corrected chi connectivity index (χ0v) is 30.3. The van der Waals surface area contributed by atoms with Crippen LogP contribution in [0.1, 0.15) is 73.6 Å². The van der Waals surface area contributed by atoms with Gasteiger partial charge in [0.25, 0.3) is 10.0 Å². The van der Waals surface area contributed by atoms with Gasteiger partial charge in [0, 0.05) is 34.6 Å². The molecule has 49 heavy (non-hydrogen) atoms. The number of sulfonamides is 1. The molecule has 2 saturated heterocycles. The first-order valence-corrected chi connectivity index (χ1v) is 18.7. The van der Waals surface area contributed by atoms with Gasteiger partial charge in [0.2, 0.25) is 0 Å². The summed E-state index contributed by atoms with van der Waals surface area (Å²) < 4.78 is 41.5. The highest BCUT2D eigenvalue weighted by molar-refractivity contribution is 7.91. The molecule has 2 atom stereocenters. The Bertz CT molecular complexity index is 1950. The van der Waals surface area contributed by atoms with E-state index in [-0.39, 0.29) is 45.0 Å². The normalized spacial score (nSPS) is 19.4. The molecule has 260 valence electrons. The van der Waals surface area contributed by atoms with Gasteiger partial charge in [-0.1, -0.05) is 50.6 Å². The van der Waals surface area contributed by atoms with E-state index in [1.807, 2.05) is 61.5 Å². The van der Waals surface area contributed by atoms with Crippen LogP contribution in [0.25, 0.3) is 5.69 Å². The van der Waals surface area contributed by atoms with E-state index in [2.05, 4.69) is 31.4 Å². The zero-order chi connectivity index (χ0) is 35.1. The summed E-state index contributed by atoms with van der Waals surface area (Å²) in [5.74, 6) is 0.264. The molecule has 2 aromatic heterocycles. The third-order valence-electron chi connectivity index (χ3n) is 9.31. The van der Waals surface area contributed by atoms with Crippen LogP contribution in [0.3, 0.4) is 0 Å². The number of thiophene rings is 1. The van der Waals surface area contributed by atoms with Crippen LogP contribution in [-0.4, -0.2) is 60.8 Å². The quantitative estimate of drug-likeness (QED) is 0.177. The summed E-state index contributed by atoms with van der Waals surface area (Å²) in [6, 6.07) is 17.1. The maximum atomic E-state index is 13.9. The molecule has 2 aromatic carbocycles. The third-order valence-corrected chi connectivity index (χ3v) is 12.8. The number of benzene rings is 2. The smallest absolute Gasteiger partial charge is 0.342 e. The standard InChI is InChI=1S/C36H43N5O6S2/c1-22-10-12-26(13-11-22)40-31(20-30(39-40)36(2,3)4)38-35(43)37-25-9-7-8-23(17-25)16-24-18-27-14-15-28(19-24)41(27)49(44,45)34-32(46-5)29(21-48-34)33(42)47-6/h7-13,17,20-21,24,27-28H,14-16,18-19H2,1-6H3,(H2,37,38,43). The molecule has 0 radical (unpaired) electrons. The second-order valence-electron chi connectivity index (χ2n) is 13.9. The SMILES string of the molecule is COC(=O)c1csc(S(=O)(=O)N2C3CCC2CC(Cc2cccc(NC(=O)Nc4cc(C(C)(C)C)nn4-c4ccc(C)cc4)c2)C3)c1OC. The molecule has 2 bridgehead atoms. The number of amides is 2. The number of methoxy groups -OCH3 is 2. The Kier molecular flexibility index (Phi) is 9.62. The van der Waals surface area contributed by atoms with E-state index >= 15 is 0 Å². The van der Waals surface area contributed by atoms with E-state index in [0.717, 1.165) is 65.9 Å². The van der Waals surface area contributed by atoms with Crippen LogP contribution in [0.15, 0.2) is 64.2 Å². The number of ether oxygens (including phenoxy) is 2. The fourth-order valence-electron chi connectivity index (χ4n) is 6.96. The Hall–Kier alpha value is -4.20. The number of urea groups is 1. The van der Waals surface area contributed by atoms with E-state index < -0.39 is 16.0 Å². The Labute approximate surface area is 291 Å². The highest BCUT2D eigenvalue weighted by Crippen LogP contribution is 2.46. The number of anilines is 2. The van der Waals surface area contributed by atoms with Crippen molar-refractivity contribution in [3.05, 3.63) is 82.4 Å². The largest absolute Gasteiger partial charge is 0.494 e. The summed E-state index contributed by atoms with van der Waals surface area (Å²) in [7, 11) is -1.25. The molecule has 4 heterocycles. The van der Waals surface area contributed by atoms with E-state index in [1.54, 1.807) is 8.99 Å². The second-order valence-corrected chi connectivity index (χ2v) is 16.8. The van der Waals surface area contributed by atoms with Crippen LogP contribution in [0.4, 0.5) is 16.3 Å². The van der Waals surface area contributed by atoms with Crippen LogP contribution in [0.5, 0.6) is 5.75 Å². The fraction of sp³-hybridized carbons (Fsp3) is 0.417. The minimum Gasteiger partial charge on any atom is -0.494 e. The first-order chi connectivity index (χ1) is 23.3. The monoisotopic (exact) mass is 705 g/mol. The maximum absolute atomic E-state index is 13.9. The van der Waals surface area contributed by atoms with Gasteiger partial charge >= 0.3 is 12.0 Å². The Morgan fingerprint density at radius 3 is 2.33 bits per heavy atom. The molecule has 13 heteroatoms. The summed E-state index contributed by atoms with van der Waals surface area (Å²) in [6.45, 7) is 8.28. The number of hydrogen-bond donors (Lipinski definition) is 2. The van der Waals surface area contributed by atoms with Gasteiger partial charge < -0.3 is 14.8 Å². The molecular formula is C36H43N5O6S2. The van der Waals surface area contributed by atoms with Crippen LogP contribution in [-0.2, 0) is 26.6 Å². The van der Waals surface area contributed by atoms with Gasteiger partial charge in [-0.15, -0.1) is 11.3 Å². The third kappa shape index (κ3) is 7.10. The van der Waals surface area contributed by atoms with Crippen molar-refractivity contribution in [2.45, 2.75) is 81.5 Å². The lowest BCUT2D eigenvalue weighted by Gasteiger charge is -2.37. The number of carbonyl (C=O) groups excluding carboxylic acids is 2. The number of piperidine rings is 1. The molecule has 0 saturated carbocycles. The molecule has 2 N–H and O–H groups in total. The first-order valence-electron chi connectivity index (χ1n) is 16.4. The number of carbonyl (C=O) groups is 2. The first kappa shape index (κ1) is 34.7. The molecular weight excluding hydrogens is 663 g/mol. The van der Waals surface area contributed by atoms with E-state index in [1.165, 1.54) is 19.6 Å². The predicted octanol–water partition coefficient (Wildman–Crippen LogP) is 7.15. The van der Waals surface area contributed by atoms with Gasteiger partial charge in [-0.05, 0) is 74.8 Å². The minimum absolute atomic E-state index is 0.0411. The lowest BCUT2D eigenvalue weighted by atomic mass is 9.87. The van der Waals surface area contributed by atoms with E-state index in [9.17, 15) is 18.0 Å². The summed E-state index contributed by atoms with van der Waals surface area (Å²) in [5.41, 5.74) is 4.50. The average molecular weight is 706 g/mol. The lowest BCUT2D eigenvalue weighted by molar-refractivity contribution is 0.0597. The second kappa shape index (κ2) is 13.6. The molecule has 11 nitrogen and oxygen atoms in total. The number of fused-ring (bicyclic) bond motifs is 2. The molecule has 2 fully saturated rings. The highest BCUT2D eigenvalue weighted by atomic mass is 32.2. The fourth-order valence-corrected chi connectivity index (χ4v) is 10.4. The van der Waals surface area contributed by atoms with E-state index in [0.29, 0.717) is 11.5 Å². The maximum Gasteiger partial charge on any atom is 0.342 e. The highest BCUT2D eigenvalue weighted by Gasteiger charge is 2.48. The van der Waals surface area contributed by atoms with Crippen molar-refractivity contribution >= 4 is 44.9 Å². The topological polar surface area (TPSA) is 132 Å². The van der Waals surface area contributed by atoms with Gasteiger partial charge in [0.1, 0.15) is 11.4 Å². The molecule has 2 amide bonds. The average Bonchev–Trinajstić information content (AvgIpc) is 3.76. The van der Waals surface area contributed by atoms with Crippen LogP contribution < -0.4 is 15.4 Å². The zero-order valence-electron chi connectivity index (χ0n) is 28.6. The van der Waals surface area contributed by atoms with Gasteiger partial charge in [-0.2, -0.15) is 9.40 Å². The van der Waals surface area contributed by atoms with Crippen LogP contribution in [0.2, 0.25) is 0 Å². The van der Waals surface area contributed by atoms with E-state index in [4.69, 9.17) is 14.6 Å². The van der Waals surface area contributed by atoms with Crippen LogP contribution in [0, 0.1) is 12.8 Å². The number of rotatable bonds is 9. The summed E-state index contributed by atoms with van der Waals surface area (Å²) >= 11 is 0.989. The Balaban J connectivity index is 1.13. The van der Waals surface area contributed by atoms with Crippen LogP contribution >= 0.6 is 11.3 Å². The van der Waals surface area contributed by atoms with Crippen molar-refractivity contribution in [1.29, 1.82) is 0 Å². The molecule has 0 spiro atoms. The molecule has 6 rings (SSSR count). The molecule has 2 unspecified atom stereocenters. The summed E-state index contributed by atoms with van der Waals surface area (Å²) in [6.07, 6.45) is 3.79. The van der Waals surface area contributed by atoms with Gasteiger partial charge in [-0.3, -0.25) is 5.32 Å². The minimum atomic E-state index is -3.88.